The standard InChI is InChI=1S/C16H15FO3/c1-19-13-7-8-16(20-2)14(10-13)15(18)9-11-3-5-12(17)6-4-11/h3-8,10H,9H2,1-2H3. The van der Waals surface area contributed by atoms with E-state index >= 15 is 0 Å². The number of benzene rings is 2. The lowest BCUT2D eigenvalue weighted by atomic mass is 10.0. The third-order valence-electron chi connectivity index (χ3n) is 2.98. The molecule has 0 unspecified atom stereocenters. The molecule has 104 valence electrons. The van der Waals surface area contributed by atoms with Crippen LogP contribution >= 0.6 is 0 Å². The maximum Gasteiger partial charge on any atom is 0.171 e. The highest BCUT2D eigenvalue weighted by molar-refractivity contribution is 6.00. The number of hydrogen-bond acceptors (Lipinski definition) is 3. The van der Waals surface area contributed by atoms with E-state index < -0.39 is 0 Å². The third-order valence-corrected chi connectivity index (χ3v) is 2.98. The highest BCUT2D eigenvalue weighted by Crippen LogP contribution is 2.25. The van der Waals surface area contributed by atoms with Crippen LogP contribution in [0.15, 0.2) is 42.5 Å². The van der Waals surface area contributed by atoms with Gasteiger partial charge in [0.15, 0.2) is 5.78 Å². The fourth-order valence-electron chi connectivity index (χ4n) is 1.91. The van der Waals surface area contributed by atoms with Crippen LogP contribution in [0.2, 0.25) is 0 Å². The molecular formula is C16H15FO3. The second kappa shape index (κ2) is 6.19. The average molecular weight is 274 g/mol. The van der Waals surface area contributed by atoms with E-state index in [1.54, 1.807) is 30.3 Å². The van der Waals surface area contributed by atoms with Gasteiger partial charge in [-0.3, -0.25) is 4.79 Å². The van der Waals surface area contributed by atoms with Crippen molar-refractivity contribution < 1.29 is 18.7 Å². The van der Waals surface area contributed by atoms with E-state index in [2.05, 4.69) is 0 Å². The molecule has 0 saturated heterocycles. The molecular weight excluding hydrogens is 259 g/mol. The van der Waals surface area contributed by atoms with E-state index in [1.165, 1.54) is 26.4 Å². The fourth-order valence-corrected chi connectivity index (χ4v) is 1.91. The number of hydrogen-bond donors (Lipinski definition) is 0. The normalized spacial score (nSPS) is 10.2. The van der Waals surface area contributed by atoms with Crippen molar-refractivity contribution >= 4 is 5.78 Å². The Morgan fingerprint density at radius 3 is 2.35 bits per heavy atom. The summed E-state index contributed by atoms with van der Waals surface area (Å²) in [5, 5.41) is 0. The van der Waals surface area contributed by atoms with Crippen LogP contribution < -0.4 is 9.47 Å². The molecule has 3 nitrogen and oxygen atoms in total. The average Bonchev–Trinajstić information content (AvgIpc) is 2.48. The molecule has 0 spiro atoms. The van der Waals surface area contributed by atoms with Crippen molar-refractivity contribution in [3.8, 4) is 11.5 Å². The molecule has 0 aromatic heterocycles. The Labute approximate surface area is 117 Å². The van der Waals surface area contributed by atoms with Crippen molar-refractivity contribution in [1.29, 1.82) is 0 Å². The molecule has 0 atom stereocenters. The van der Waals surface area contributed by atoms with Crippen molar-refractivity contribution in [1.82, 2.24) is 0 Å². The molecule has 0 aliphatic carbocycles. The number of halogens is 1. The number of ether oxygens (including phenoxy) is 2. The molecule has 0 N–H and O–H groups in total. The number of rotatable bonds is 5. The summed E-state index contributed by atoms with van der Waals surface area (Å²) in [6.45, 7) is 0. The Morgan fingerprint density at radius 2 is 1.75 bits per heavy atom. The van der Waals surface area contributed by atoms with E-state index in [0.717, 1.165) is 5.56 Å². The van der Waals surface area contributed by atoms with Crippen LogP contribution in [0.5, 0.6) is 11.5 Å². The molecule has 2 aromatic carbocycles. The number of carbonyl (C=O) groups is 1. The smallest absolute Gasteiger partial charge is 0.171 e. The Hall–Kier alpha value is -2.36. The first-order valence-electron chi connectivity index (χ1n) is 6.13. The monoisotopic (exact) mass is 274 g/mol. The summed E-state index contributed by atoms with van der Waals surface area (Å²) in [4.78, 5) is 12.3. The minimum Gasteiger partial charge on any atom is -0.497 e. The first-order chi connectivity index (χ1) is 9.63. The molecule has 0 bridgehead atoms. The molecule has 0 aliphatic heterocycles. The van der Waals surface area contributed by atoms with Gasteiger partial charge >= 0.3 is 0 Å². The first kappa shape index (κ1) is 14.1. The second-order valence-corrected chi connectivity index (χ2v) is 4.29. The molecule has 0 fully saturated rings. The topological polar surface area (TPSA) is 35.5 Å². The zero-order valence-corrected chi connectivity index (χ0v) is 11.4. The van der Waals surface area contributed by atoms with E-state index in [9.17, 15) is 9.18 Å². The van der Waals surface area contributed by atoms with Gasteiger partial charge < -0.3 is 9.47 Å². The van der Waals surface area contributed by atoms with Gasteiger partial charge in [-0.15, -0.1) is 0 Å². The number of Topliss-reactive ketones (excluding diaryl/α,β-unsaturated/α-hetero) is 1. The quantitative estimate of drug-likeness (QED) is 0.785. The summed E-state index contributed by atoms with van der Waals surface area (Å²) in [5.41, 5.74) is 1.21. The van der Waals surface area contributed by atoms with E-state index in [-0.39, 0.29) is 18.0 Å². The van der Waals surface area contributed by atoms with Crippen LogP contribution in [0.25, 0.3) is 0 Å². The Kier molecular flexibility index (Phi) is 4.35. The Balaban J connectivity index is 2.25. The van der Waals surface area contributed by atoms with Crippen molar-refractivity contribution in [3.63, 3.8) is 0 Å². The second-order valence-electron chi connectivity index (χ2n) is 4.29. The molecule has 0 amide bonds. The van der Waals surface area contributed by atoms with Gasteiger partial charge in [-0.1, -0.05) is 12.1 Å². The number of methoxy groups -OCH3 is 2. The van der Waals surface area contributed by atoms with Gasteiger partial charge in [0.25, 0.3) is 0 Å². The molecule has 0 aliphatic rings. The van der Waals surface area contributed by atoms with Gasteiger partial charge in [0.05, 0.1) is 19.8 Å². The van der Waals surface area contributed by atoms with E-state index in [0.29, 0.717) is 17.1 Å². The Morgan fingerprint density at radius 1 is 1.05 bits per heavy atom. The summed E-state index contributed by atoms with van der Waals surface area (Å²) in [6, 6.07) is 10.9. The maximum absolute atomic E-state index is 12.8. The van der Waals surface area contributed by atoms with Crippen molar-refractivity contribution in [2.45, 2.75) is 6.42 Å². The lowest BCUT2D eigenvalue weighted by molar-refractivity contribution is 0.0989. The summed E-state index contributed by atoms with van der Waals surface area (Å²) < 4.78 is 23.1. The first-order valence-corrected chi connectivity index (χ1v) is 6.13. The lowest BCUT2D eigenvalue weighted by Crippen LogP contribution is -2.06. The number of carbonyl (C=O) groups excluding carboxylic acids is 1. The molecule has 0 saturated carbocycles. The highest BCUT2D eigenvalue weighted by Gasteiger charge is 2.14. The summed E-state index contributed by atoms with van der Waals surface area (Å²) in [6.07, 6.45) is 0.184. The molecule has 0 radical (unpaired) electrons. The van der Waals surface area contributed by atoms with Crippen molar-refractivity contribution in [2.24, 2.45) is 0 Å². The van der Waals surface area contributed by atoms with Crippen LogP contribution in [0.3, 0.4) is 0 Å². The van der Waals surface area contributed by atoms with Crippen LogP contribution in [0.1, 0.15) is 15.9 Å². The third kappa shape index (κ3) is 3.15. The zero-order valence-electron chi connectivity index (χ0n) is 11.4. The Bertz CT molecular complexity index is 606. The maximum atomic E-state index is 12.8. The minimum absolute atomic E-state index is 0.104. The lowest BCUT2D eigenvalue weighted by Gasteiger charge is -2.09. The zero-order chi connectivity index (χ0) is 14.5. The van der Waals surface area contributed by atoms with Crippen LogP contribution in [0, 0.1) is 5.82 Å². The van der Waals surface area contributed by atoms with Crippen LogP contribution in [0.4, 0.5) is 4.39 Å². The van der Waals surface area contributed by atoms with Gasteiger partial charge in [0, 0.05) is 6.42 Å². The van der Waals surface area contributed by atoms with Crippen LogP contribution in [-0.2, 0) is 6.42 Å². The van der Waals surface area contributed by atoms with E-state index in [1.807, 2.05) is 0 Å². The fraction of sp³-hybridized carbons (Fsp3) is 0.188. The predicted octanol–water partition coefficient (Wildman–Crippen LogP) is 3.27. The minimum atomic E-state index is -0.319. The van der Waals surface area contributed by atoms with Gasteiger partial charge in [-0.2, -0.15) is 0 Å². The van der Waals surface area contributed by atoms with Gasteiger partial charge in [0.2, 0.25) is 0 Å². The molecule has 2 aromatic rings. The van der Waals surface area contributed by atoms with E-state index in [4.69, 9.17) is 9.47 Å². The molecule has 4 heteroatoms. The van der Waals surface area contributed by atoms with Gasteiger partial charge in [-0.25, -0.2) is 4.39 Å². The largest absolute Gasteiger partial charge is 0.497 e. The molecule has 20 heavy (non-hydrogen) atoms. The van der Waals surface area contributed by atoms with Gasteiger partial charge in [0.1, 0.15) is 17.3 Å². The number of ketones is 1. The predicted molar refractivity (Wildman–Crippen MR) is 74.0 cm³/mol. The van der Waals surface area contributed by atoms with Gasteiger partial charge in [-0.05, 0) is 35.9 Å². The molecule has 2 rings (SSSR count). The SMILES string of the molecule is COc1ccc(OC)c(C(=O)Cc2ccc(F)cc2)c1. The van der Waals surface area contributed by atoms with Crippen molar-refractivity contribution in [3.05, 3.63) is 59.4 Å². The summed E-state index contributed by atoms with van der Waals surface area (Å²) >= 11 is 0. The summed E-state index contributed by atoms with van der Waals surface area (Å²) in [5.74, 6) is 0.665. The molecule has 0 heterocycles. The van der Waals surface area contributed by atoms with Crippen LogP contribution in [-0.4, -0.2) is 20.0 Å². The highest BCUT2D eigenvalue weighted by atomic mass is 19.1. The van der Waals surface area contributed by atoms with Crippen molar-refractivity contribution in [2.75, 3.05) is 14.2 Å². The summed E-state index contributed by atoms with van der Waals surface area (Å²) in [7, 11) is 3.05.